The van der Waals surface area contributed by atoms with Gasteiger partial charge in [0.15, 0.2) is 11.5 Å². The van der Waals surface area contributed by atoms with Gasteiger partial charge in [0.1, 0.15) is 0 Å². The van der Waals surface area contributed by atoms with Gasteiger partial charge in [-0.3, -0.25) is 0 Å². The molecule has 0 saturated carbocycles. The molecule has 0 saturated heterocycles. The Labute approximate surface area is 74.6 Å². The van der Waals surface area contributed by atoms with Crippen LogP contribution < -0.4 is 0 Å². The van der Waals surface area contributed by atoms with Crippen molar-refractivity contribution in [3.05, 3.63) is 23.8 Å². The van der Waals surface area contributed by atoms with Crippen molar-refractivity contribution in [1.82, 2.24) is 0 Å². The number of nitrogens with zero attached hydrogens (tertiary/aromatic N) is 1. The van der Waals surface area contributed by atoms with Crippen LogP contribution in [0.3, 0.4) is 0 Å². The molecule has 1 aromatic rings. The van der Waals surface area contributed by atoms with Gasteiger partial charge in [0, 0.05) is 11.6 Å². The highest BCUT2D eigenvalue weighted by molar-refractivity contribution is 5.65. The van der Waals surface area contributed by atoms with Crippen LogP contribution in [0.5, 0.6) is 17.2 Å². The van der Waals surface area contributed by atoms with E-state index in [-0.39, 0.29) is 5.56 Å². The minimum absolute atomic E-state index is 0.275. The summed E-state index contributed by atoms with van der Waals surface area (Å²) in [6.07, 6.45) is 2.49. The number of phenols is 3. The number of benzene rings is 1. The molecule has 13 heavy (non-hydrogen) atoms. The second-order valence-electron chi connectivity index (χ2n) is 2.33. The van der Waals surface area contributed by atoms with Gasteiger partial charge in [-0.15, -0.1) is 0 Å². The molecule has 0 heterocycles. The van der Waals surface area contributed by atoms with E-state index in [1.807, 2.05) is 0 Å². The van der Waals surface area contributed by atoms with Crippen LogP contribution in [0.25, 0.3) is 6.08 Å². The zero-order valence-electron chi connectivity index (χ0n) is 6.60. The maximum absolute atomic E-state index is 9.23. The lowest BCUT2D eigenvalue weighted by molar-refractivity contribution is 0.367. The summed E-state index contributed by atoms with van der Waals surface area (Å²) < 4.78 is 0. The van der Waals surface area contributed by atoms with Crippen LogP contribution in [-0.4, -0.2) is 15.3 Å². The average molecular weight is 177 g/mol. The van der Waals surface area contributed by atoms with Gasteiger partial charge >= 0.3 is 0 Å². The van der Waals surface area contributed by atoms with Gasteiger partial charge in [-0.2, -0.15) is 5.26 Å². The number of phenolic OH excluding ortho intramolecular Hbond substituents is 3. The van der Waals surface area contributed by atoms with Crippen molar-refractivity contribution in [2.24, 2.45) is 0 Å². The van der Waals surface area contributed by atoms with E-state index < -0.39 is 17.2 Å². The first-order valence-electron chi connectivity index (χ1n) is 3.47. The SMILES string of the molecule is N#CC=Cc1ccc(O)c(O)c1O. The van der Waals surface area contributed by atoms with Gasteiger partial charge in [0.2, 0.25) is 5.75 Å². The molecule has 0 spiro atoms. The summed E-state index contributed by atoms with van der Waals surface area (Å²) >= 11 is 0. The molecule has 0 radical (unpaired) electrons. The van der Waals surface area contributed by atoms with Crippen molar-refractivity contribution < 1.29 is 15.3 Å². The predicted molar refractivity (Wildman–Crippen MR) is 46.1 cm³/mol. The third-order valence-electron chi connectivity index (χ3n) is 1.50. The molecule has 1 rings (SSSR count). The average Bonchev–Trinajstić information content (AvgIpc) is 2.13. The maximum Gasteiger partial charge on any atom is 0.200 e. The minimum Gasteiger partial charge on any atom is -0.504 e. The Morgan fingerprint density at radius 3 is 2.46 bits per heavy atom. The first-order valence-corrected chi connectivity index (χ1v) is 3.47. The van der Waals surface area contributed by atoms with Crippen molar-refractivity contribution in [2.75, 3.05) is 0 Å². The molecule has 0 atom stereocenters. The van der Waals surface area contributed by atoms with Crippen molar-refractivity contribution in [2.45, 2.75) is 0 Å². The summed E-state index contributed by atoms with van der Waals surface area (Å²) in [6.45, 7) is 0. The predicted octanol–water partition coefficient (Wildman–Crippen LogP) is 1.34. The van der Waals surface area contributed by atoms with Crippen molar-refractivity contribution >= 4 is 6.08 Å². The molecule has 66 valence electrons. The molecule has 0 fully saturated rings. The van der Waals surface area contributed by atoms with E-state index >= 15 is 0 Å². The van der Waals surface area contributed by atoms with Crippen LogP contribution in [0, 0.1) is 11.3 Å². The molecule has 0 bridgehead atoms. The van der Waals surface area contributed by atoms with Crippen molar-refractivity contribution in [3.63, 3.8) is 0 Å². The summed E-state index contributed by atoms with van der Waals surface area (Å²) in [5.74, 6) is -1.42. The highest BCUT2D eigenvalue weighted by Gasteiger charge is 2.07. The molecule has 4 heteroatoms. The minimum atomic E-state index is -0.583. The highest BCUT2D eigenvalue weighted by atomic mass is 16.3. The zero-order chi connectivity index (χ0) is 9.84. The molecular formula is C9H7NO3. The van der Waals surface area contributed by atoms with Gasteiger partial charge < -0.3 is 15.3 Å². The van der Waals surface area contributed by atoms with Crippen LogP contribution in [0.4, 0.5) is 0 Å². The summed E-state index contributed by atoms with van der Waals surface area (Å²) in [5, 5.41) is 35.5. The number of aromatic hydroxyl groups is 3. The quantitative estimate of drug-likeness (QED) is 0.446. The Hall–Kier alpha value is -2.15. The van der Waals surface area contributed by atoms with Gasteiger partial charge in [0.25, 0.3) is 0 Å². The monoisotopic (exact) mass is 177 g/mol. The van der Waals surface area contributed by atoms with Gasteiger partial charge in [0.05, 0.1) is 6.07 Å². The van der Waals surface area contributed by atoms with Crippen LogP contribution in [0.15, 0.2) is 18.2 Å². The van der Waals surface area contributed by atoms with E-state index in [0.29, 0.717) is 0 Å². The number of rotatable bonds is 1. The molecular weight excluding hydrogens is 170 g/mol. The Kier molecular flexibility index (Phi) is 2.41. The van der Waals surface area contributed by atoms with E-state index in [2.05, 4.69) is 0 Å². The lowest BCUT2D eigenvalue weighted by atomic mass is 10.1. The van der Waals surface area contributed by atoms with Crippen molar-refractivity contribution in [3.8, 4) is 23.3 Å². The highest BCUT2D eigenvalue weighted by Crippen LogP contribution is 2.37. The molecule has 0 aliphatic carbocycles. The fourth-order valence-electron chi connectivity index (χ4n) is 0.846. The molecule has 1 aromatic carbocycles. The Bertz CT molecular complexity index is 391. The molecule has 4 nitrogen and oxygen atoms in total. The van der Waals surface area contributed by atoms with E-state index in [1.165, 1.54) is 18.2 Å². The summed E-state index contributed by atoms with van der Waals surface area (Å²) in [4.78, 5) is 0. The molecule has 3 N–H and O–H groups in total. The fourth-order valence-corrected chi connectivity index (χ4v) is 0.846. The third-order valence-corrected chi connectivity index (χ3v) is 1.50. The van der Waals surface area contributed by atoms with Crippen LogP contribution in [-0.2, 0) is 0 Å². The first-order chi connectivity index (χ1) is 6.16. The Morgan fingerprint density at radius 2 is 1.85 bits per heavy atom. The molecule has 0 aromatic heterocycles. The van der Waals surface area contributed by atoms with E-state index in [9.17, 15) is 5.11 Å². The van der Waals surface area contributed by atoms with Gasteiger partial charge in [-0.25, -0.2) is 0 Å². The summed E-state index contributed by atoms with van der Waals surface area (Å²) in [6, 6.07) is 4.36. The fraction of sp³-hybridized carbons (Fsp3) is 0. The van der Waals surface area contributed by atoms with E-state index in [0.717, 1.165) is 6.08 Å². The molecule has 0 aliphatic heterocycles. The largest absolute Gasteiger partial charge is 0.504 e. The third kappa shape index (κ3) is 1.71. The lowest BCUT2D eigenvalue weighted by Crippen LogP contribution is -1.76. The topological polar surface area (TPSA) is 84.5 Å². The number of hydrogen-bond acceptors (Lipinski definition) is 4. The number of hydrogen-bond donors (Lipinski definition) is 3. The van der Waals surface area contributed by atoms with Crippen molar-refractivity contribution in [1.29, 1.82) is 5.26 Å². The van der Waals surface area contributed by atoms with Crippen LogP contribution >= 0.6 is 0 Å². The summed E-state index contributed by atoms with van der Waals surface area (Å²) in [5.41, 5.74) is 0.275. The zero-order valence-corrected chi connectivity index (χ0v) is 6.60. The molecule has 0 unspecified atom stereocenters. The van der Waals surface area contributed by atoms with Gasteiger partial charge in [-0.1, -0.05) is 0 Å². The second kappa shape index (κ2) is 3.50. The van der Waals surface area contributed by atoms with E-state index in [4.69, 9.17) is 15.5 Å². The Balaban J connectivity index is 3.20. The second-order valence-corrected chi connectivity index (χ2v) is 2.33. The smallest absolute Gasteiger partial charge is 0.200 e. The lowest BCUT2D eigenvalue weighted by Gasteiger charge is -2.02. The van der Waals surface area contributed by atoms with E-state index in [1.54, 1.807) is 6.07 Å². The van der Waals surface area contributed by atoms with Crippen LogP contribution in [0.1, 0.15) is 5.56 Å². The normalized spacial score (nSPS) is 10.1. The number of allylic oxidation sites excluding steroid dienone is 1. The summed E-state index contributed by atoms with van der Waals surface area (Å²) in [7, 11) is 0. The standard InChI is InChI=1S/C9H7NO3/c10-5-1-2-6-3-4-7(11)9(13)8(6)12/h1-4,11-13H. The molecule has 0 amide bonds. The van der Waals surface area contributed by atoms with Crippen LogP contribution in [0.2, 0.25) is 0 Å². The first kappa shape index (κ1) is 8.94. The van der Waals surface area contributed by atoms with Gasteiger partial charge in [-0.05, 0) is 18.2 Å². The maximum atomic E-state index is 9.23. The Morgan fingerprint density at radius 1 is 1.15 bits per heavy atom. The number of nitriles is 1. The molecule has 0 aliphatic rings.